The molecule has 0 saturated heterocycles. The second-order valence-corrected chi connectivity index (χ2v) is 4.24. The standard InChI is InChI=1S/C16H18NO2/c1-18-15-7-3-13(4-8-15)11-17-12-14-5-9-16(19-2)10-6-14/h3-10H,11-12H2,1-2H3. The van der Waals surface area contributed by atoms with E-state index in [0.717, 1.165) is 24.6 Å². The van der Waals surface area contributed by atoms with Crippen molar-refractivity contribution in [3.8, 4) is 11.5 Å². The Balaban J connectivity index is 1.81. The fourth-order valence-corrected chi connectivity index (χ4v) is 1.78. The molecule has 0 atom stereocenters. The maximum Gasteiger partial charge on any atom is 0.118 e. The molecule has 0 aromatic heterocycles. The number of hydrogen-bond donors (Lipinski definition) is 0. The van der Waals surface area contributed by atoms with Gasteiger partial charge in [-0.05, 0) is 35.4 Å². The summed E-state index contributed by atoms with van der Waals surface area (Å²) in [6.45, 7) is 1.44. The molecule has 0 N–H and O–H groups in total. The summed E-state index contributed by atoms with van der Waals surface area (Å²) < 4.78 is 10.2. The fourth-order valence-electron chi connectivity index (χ4n) is 1.78. The van der Waals surface area contributed by atoms with Crippen molar-refractivity contribution in [3.63, 3.8) is 0 Å². The minimum absolute atomic E-state index is 0.718. The molecule has 2 aromatic carbocycles. The van der Waals surface area contributed by atoms with Crippen LogP contribution in [0.4, 0.5) is 0 Å². The van der Waals surface area contributed by atoms with E-state index >= 15 is 0 Å². The third-order valence-electron chi connectivity index (χ3n) is 2.91. The van der Waals surface area contributed by atoms with Crippen molar-refractivity contribution in [2.24, 2.45) is 0 Å². The zero-order valence-corrected chi connectivity index (χ0v) is 11.3. The summed E-state index contributed by atoms with van der Waals surface area (Å²) in [5.74, 6) is 1.75. The molecule has 0 fully saturated rings. The Hall–Kier alpha value is -2.00. The molecule has 0 unspecified atom stereocenters. The normalized spacial score (nSPS) is 10.2. The van der Waals surface area contributed by atoms with Gasteiger partial charge in [0.05, 0.1) is 14.2 Å². The second kappa shape index (κ2) is 6.81. The highest BCUT2D eigenvalue weighted by molar-refractivity contribution is 5.28. The van der Waals surface area contributed by atoms with Crippen LogP contribution in [0.25, 0.3) is 0 Å². The molecule has 0 saturated carbocycles. The number of rotatable bonds is 6. The van der Waals surface area contributed by atoms with Gasteiger partial charge in [0, 0.05) is 13.1 Å². The second-order valence-electron chi connectivity index (χ2n) is 4.24. The molecule has 0 aliphatic carbocycles. The molecular weight excluding hydrogens is 238 g/mol. The molecule has 2 rings (SSSR count). The number of benzene rings is 2. The van der Waals surface area contributed by atoms with Crippen LogP contribution in [-0.2, 0) is 13.1 Å². The van der Waals surface area contributed by atoms with Crippen LogP contribution in [0.2, 0.25) is 0 Å². The lowest BCUT2D eigenvalue weighted by atomic mass is 10.2. The van der Waals surface area contributed by atoms with Crippen LogP contribution in [0.5, 0.6) is 11.5 Å². The first kappa shape index (κ1) is 13.4. The Morgan fingerprint density at radius 2 is 1.05 bits per heavy atom. The van der Waals surface area contributed by atoms with Crippen molar-refractivity contribution >= 4 is 0 Å². The molecule has 2 aromatic rings. The summed E-state index contributed by atoms with van der Waals surface area (Å²) in [7, 11) is 3.34. The van der Waals surface area contributed by atoms with Crippen LogP contribution in [-0.4, -0.2) is 14.2 Å². The molecule has 99 valence electrons. The maximum absolute atomic E-state index is 5.12. The van der Waals surface area contributed by atoms with Gasteiger partial charge >= 0.3 is 0 Å². The van der Waals surface area contributed by atoms with E-state index in [4.69, 9.17) is 9.47 Å². The summed E-state index contributed by atoms with van der Waals surface area (Å²) in [5, 5.41) is 4.54. The molecular formula is C16H18NO2. The average molecular weight is 256 g/mol. The van der Waals surface area contributed by atoms with Gasteiger partial charge in [-0.1, -0.05) is 24.3 Å². The molecule has 0 aliphatic rings. The largest absolute Gasteiger partial charge is 0.497 e. The lowest BCUT2D eigenvalue weighted by Crippen LogP contribution is -2.04. The van der Waals surface area contributed by atoms with Crippen LogP contribution in [0.15, 0.2) is 48.5 Å². The van der Waals surface area contributed by atoms with Crippen molar-refractivity contribution in [2.75, 3.05) is 14.2 Å². The van der Waals surface area contributed by atoms with E-state index < -0.39 is 0 Å². The van der Waals surface area contributed by atoms with Gasteiger partial charge in [-0.15, -0.1) is 0 Å². The van der Waals surface area contributed by atoms with E-state index in [1.807, 2.05) is 48.5 Å². The van der Waals surface area contributed by atoms with Crippen LogP contribution in [0.1, 0.15) is 11.1 Å². The molecule has 0 bridgehead atoms. The van der Waals surface area contributed by atoms with Crippen LogP contribution in [0, 0.1) is 0 Å². The van der Waals surface area contributed by atoms with Crippen LogP contribution < -0.4 is 14.8 Å². The first-order valence-electron chi connectivity index (χ1n) is 6.21. The quantitative estimate of drug-likeness (QED) is 0.796. The van der Waals surface area contributed by atoms with Gasteiger partial charge in [0.1, 0.15) is 11.5 Å². The number of nitrogens with zero attached hydrogens (tertiary/aromatic N) is 1. The Morgan fingerprint density at radius 1 is 0.684 bits per heavy atom. The lowest BCUT2D eigenvalue weighted by Gasteiger charge is -2.05. The topological polar surface area (TPSA) is 32.6 Å². The van der Waals surface area contributed by atoms with E-state index in [2.05, 4.69) is 5.32 Å². The highest BCUT2D eigenvalue weighted by Crippen LogP contribution is 2.13. The van der Waals surface area contributed by atoms with Gasteiger partial charge in [-0.2, -0.15) is 0 Å². The van der Waals surface area contributed by atoms with Crippen molar-refractivity contribution in [3.05, 3.63) is 59.7 Å². The summed E-state index contributed by atoms with van der Waals surface area (Å²) >= 11 is 0. The third-order valence-corrected chi connectivity index (χ3v) is 2.91. The van der Waals surface area contributed by atoms with Crippen molar-refractivity contribution in [1.29, 1.82) is 0 Å². The average Bonchev–Trinajstić information content (AvgIpc) is 2.49. The summed E-state index contributed by atoms with van der Waals surface area (Å²) in [5.41, 5.74) is 2.38. The van der Waals surface area contributed by atoms with E-state index in [1.54, 1.807) is 14.2 Å². The summed E-state index contributed by atoms with van der Waals surface area (Å²) in [6.07, 6.45) is 0. The van der Waals surface area contributed by atoms with E-state index in [1.165, 1.54) is 11.1 Å². The van der Waals surface area contributed by atoms with Gasteiger partial charge in [0.25, 0.3) is 0 Å². The molecule has 0 spiro atoms. The number of ether oxygens (including phenoxy) is 2. The molecule has 1 radical (unpaired) electrons. The Kier molecular flexibility index (Phi) is 4.81. The number of hydrogen-bond acceptors (Lipinski definition) is 2. The Bertz CT molecular complexity index is 444. The van der Waals surface area contributed by atoms with Crippen molar-refractivity contribution < 1.29 is 9.47 Å². The first-order chi connectivity index (χ1) is 9.31. The Labute approximate surface area is 114 Å². The van der Waals surface area contributed by atoms with Gasteiger partial charge in [0.2, 0.25) is 0 Å². The van der Waals surface area contributed by atoms with Crippen molar-refractivity contribution in [2.45, 2.75) is 13.1 Å². The predicted molar refractivity (Wildman–Crippen MR) is 75.5 cm³/mol. The predicted octanol–water partition coefficient (Wildman–Crippen LogP) is 3.01. The molecule has 19 heavy (non-hydrogen) atoms. The van der Waals surface area contributed by atoms with Gasteiger partial charge in [-0.3, -0.25) is 0 Å². The van der Waals surface area contributed by atoms with Crippen molar-refractivity contribution in [1.82, 2.24) is 5.32 Å². The van der Waals surface area contributed by atoms with Gasteiger partial charge in [0.15, 0.2) is 0 Å². The van der Waals surface area contributed by atoms with Gasteiger partial charge < -0.3 is 9.47 Å². The van der Waals surface area contributed by atoms with Crippen LogP contribution >= 0.6 is 0 Å². The van der Waals surface area contributed by atoms with E-state index in [-0.39, 0.29) is 0 Å². The van der Waals surface area contributed by atoms with Crippen LogP contribution in [0.3, 0.4) is 0 Å². The van der Waals surface area contributed by atoms with E-state index in [9.17, 15) is 0 Å². The molecule has 0 heterocycles. The third kappa shape index (κ3) is 4.00. The molecule has 3 heteroatoms. The lowest BCUT2D eigenvalue weighted by molar-refractivity contribution is 0.414. The summed E-state index contributed by atoms with van der Waals surface area (Å²) in [6, 6.07) is 16.0. The Morgan fingerprint density at radius 3 is 1.37 bits per heavy atom. The molecule has 0 amide bonds. The SMILES string of the molecule is COc1ccc(C[N]Cc2ccc(OC)cc2)cc1. The minimum atomic E-state index is 0.718. The summed E-state index contributed by atoms with van der Waals surface area (Å²) in [4.78, 5) is 0. The number of methoxy groups -OCH3 is 2. The zero-order valence-electron chi connectivity index (χ0n) is 11.3. The highest BCUT2D eigenvalue weighted by atomic mass is 16.5. The van der Waals surface area contributed by atoms with Gasteiger partial charge in [-0.25, -0.2) is 5.32 Å². The molecule has 0 aliphatic heterocycles. The monoisotopic (exact) mass is 256 g/mol. The highest BCUT2D eigenvalue weighted by Gasteiger charge is 1.97. The first-order valence-corrected chi connectivity index (χ1v) is 6.21. The smallest absolute Gasteiger partial charge is 0.118 e. The fraction of sp³-hybridized carbons (Fsp3) is 0.250. The van der Waals surface area contributed by atoms with E-state index in [0.29, 0.717) is 0 Å². The zero-order chi connectivity index (χ0) is 13.5. The molecule has 3 nitrogen and oxygen atoms in total. The minimum Gasteiger partial charge on any atom is -0.497 e. The maximum atomic E-state index is 5.12.